The Labute approximate surface area is 122 Å². The number of halogens is 2. The Balaban J connectivity index is 2.44. The third-order valence-corrected chi connectivity index (χ3v) is 3.32. The molecule has 0 atom stereocenters. The Kier molecular flexibility index (Phi) is 4.63. The van der Waals surface area contributed by atoms with Crippen LogP contribution in [0, 0.1) is 10.1 Å². The molecule has 1 heterocycles. The Bertz CT molecular complexity index is 652. The zero-order valence-corrected chi connectivity index (χ0v) is 11.6. The average molecular weight is 312 g/mol. The Morgan fingerprint density at radius 3 is 2.48 bits per heavy atom. The lowest BCUT2D eigenvalue weighted by Gasteiger charge is -2.06. The molecule has 0 aliphatic carbocycles. The molecule has 0 aliphatic rings. The molecule has 0 bridgehead atoms. The molecule has 0 aliphatic heterocycles. The Morgan fingerprint density at radius 1 is 1.29 bits per heavy atom. The first-order valence-corrected chi connectivity index (χ1v) is 6.63. The van der Waals surface area contributed by atoms with Gasteiger partial charge in [0.25, 0.3) is 5.76 Å². The van der Waals surface area contributed by atoms with Crippen LogP contribution in [0.4, 0.5) is 20.3 Å². The second-order valence-corrected chi connectivity index (χ2v) is 4.89. The van der Waals surface area contributed by atoms with E-state index in [4.69, 9.17) is 0 Å². The molecule has 1 N–H and O–H groups in total. The van der Waals surface area contributed by atoms with Crippen molar-refractivity contribution < 1.29 is 13.7 Å². The molecule has 0 amide bonds. The van der Waals surface area contributed by atoms with Gasteiger partial charge in [-0.2, -0.15) is 8.78 Å². The van der Waals surface area contributed by atoms with Crippen molar-refractivity contribution in [3.8, 4) is 11.3 Å². The first kappa shape index (κ1) is 15.1. The van der Waals surface area contributed by atoms with Gasteiger partial charge in [-0.3, -0.25) is 10.1 Å². The van der Waals surface area contributed by atoms with Gasteiger partial charge in [0.05, 0.1) is 4.92 Å². The first-order chi connectivity index (χ1) is 10.0. The van der Waals surface area contributed by atoms with Crippen LogP contribution in [-0.4, -0.2) is 27.7 Å². The standard InChI is InChI=1S/C12H10F2N4O2S/c1-15-11-10(18(19)20)9(16-6-17-11)7-2-4-8(5-3-7)21-12(13)14/h2-6,12H,1H3,(H,15,16,17). The summed E-state index contributed by atoms with van der Waals surface area (Å²) in [7, 11) is 1.52. The van der Waals surface area contributed by atoms with Crippen LogP contribution in [0.25, 0.3) is 11.3 Å². The van der Waals surface area contributed by atoms with Gasteiger partial charge in [0.1, 0.15) is 6.33 Å². The summed E-state index contributed by atoms with van der Waals surface area (Å²) in [6, 6.07) is 5.97. The van der Waals surface area contributed by atoms with Crippen molar-refractivity contribution in [1.29, 1.82) is 0 Å². The highest BCUT2D eigenvalue weighted by Crippen LogP contribution is 2.34. The van der Waals surface area contributed by atoms with Crippen molar-refractivity contribution in [3.63, 3.8) is 0 Å². The largest absolute Gasteiger partial charge is 0.367 e. The summed E-state index contributed by atoms with van der Waals surface area (Å²) in [4.78, 5) is 18.7. The van der Waals surface area contributed by atoms with Gasteiger partial charge in [0, 0.05) is 17.5 Å². The lowest BCUT2D eigenvalue weighted by atomic mass is 10.1. The van der Waals surface area contributed by atoms with Crippen molar-refractivity contribution in [2.24, 2.45) is 0 Å². The van der Waals surface area contributed by atoms with E-state index in [1.807, 2.05) is 0 Å². The van der Waals surface area contributed by atoms with Gasteiger partial charge >= 0.3 is 5.69 Å². The molecule has 2 rings (SSSR count). The number of hydrogen-bond acceptors (Lipinski definition) is 6. The number of rotatable bonds is 5. The molecule has 1 aromatic carbocycles. The fourth-order valence-corrected chi connectivity index (χ4v) is 2.24. The number of thioether (sulfide) groups is 1. The SMILES string of the molecule is CNc1ncnc(-c2ccc(SC(F)F)cc2)c1[N+](=O)[O-]. The smallest absolute Gasteiger partial charge is 0.337 e. The summed E-state index contributed by atoms with van der Waals surface area (Å²) in [5, 5.41) is 13.8. The first-order valence-electron chi connectivity index (χ1n) is 5.75. The Hall–Kier alpha value is -2.29. The van der Waals surface area contributed by atoms with E-state index in [1.54, 1.807) is 0 Å². The van der Waals surface area contributed by atoms with E-state index in [9.17, 15) is 18.9 Å². The van der Waals surface area contributed by atoms with Crippen LogP contribution < -0.4 is 5.32 Å². The number of benzene rings is 1. The topological polar surface area (TPSA) is 81.0 Å². The van der Waals surface area contributed by atoms with Crippen molar-refractivity contribution in [2.75, 3.05) is 12.4 Å². The van der Waals surface area contributed by atoms with E-state index in [2.05, 4.69) is 15.3 Å². The van der Waals surface area contributed by atoms with Gasteiger partial charge < -0.3 is 5.32 Å². The quantitative estimate of drug-likeness (QED) is 0.517. The summed E-state index contributed by atoms with van der Waals surface area (Å²) in [5.41, 5.74) is 0.335. The molecule has 0 saturated heterocycles. The maximum atomic E-state index is 12.3. The number of nitrogens with zero attached hydrogens (tertiary/aromatic N) is 3. The predicted molar refractivity (Wildman–Crippen MR) is 75.5 cm³/mol. The molecule has 2 aromatic rings. The number of nitro groups is 1. The number of nitrogens with one attached hydrogen (secondary N) is 1. The van der Waals surface area contributed by atoms with Crippen molar-refractivity contribution >= 4 is 23.3 Å². The normalized spacial score (nSPS) is 10.7. The van der Waals surface area contributed by atoms with E-state index in [-0.39, 0.29) is 17.2 Å². The average Bonchev–Trinajstić information content (AvgIpc) is 2.46. The second-order valence-electron chi connectivity index (χ2n) is 3.83. The van der Waals surface area contributed by atoms with Gasteiger partial charge in [-0.15, -0.1) is 0 Å². The van der Waals surface area contributed by atoms with Crippen LogP contribution >= 0.6 is 11.8 Å². The molecular formula is C12H10F2N4O2S. The molecule has 9 heteroatoms. The van der Waals surface area contributed by atoms with E-state index in [0.717, 1.165) is 0 Å². The maximum absolute atomic E-state index is 12.3. The second kappa shape index (κ2) is 6.44. The molecule has 1 aromatic heterocycles. The lowest BCUT2D eigenvalue weighted by Crippen LogP contribution is -2.03. The highest BCUT2D eigenvalue weighted by molar-refractivity contribution is 7.99. The highest BCUT2D eigenvalue weighted by atomic mass is 32.2. The van der Waals surface area contributed by atoms with Gasteiger partial charge in [-0.1, -0.05) is 23.9 Å². The zero-order valence-electron chi connectivity index (χ0n) is 10.8. The van der Waals surface area contributed by atoms with Gasteiger partial charge in [-0.25, -0.2) is 9.97 Å². The molecule has 0 spiro atoms. The minimum atomic E-state index is -2.51. The van der Waals surface area contributed by atoms with Gasteiger partial charge in [0.15, 0.2) is 5.69 Å². The third-order valence-electron chi connectivity index (χ3n) is 2.59. The molecule has 110 valence electrons. The third kappa shape index (κ3) is 3.43. The summed E-state index contributed by atoms with van der Waals surface area (Å²) in [6.45, 7) is 0. The number of anilines is 1. The minimum Gasteiger partial charge on any atom is -0.367 e. The summed E-state index contributed by atoms with van der Waals surface area (Å²) < 4.78 is 24.5. The van der Waals surface area contributed by atoms with Crippen LogP contribution in [0.3, 0.4) is 0 Å². The molecule has 0 fully saturated rings. The molecule has 21 heavy (non-hydrogen) atoms. The molecular weight excluding hydrogens is 302 g/mol. The summed E-state index contributed by atoms with van der Waals surface area (Å²) >= 11 is 0.408. The van der Waals surface area contributed by atoms with Gasteiger partial charge in [0.2, 0.25) is 5.82 Å². The molecule has 0 radical (unpaired) electrons. The molecule has 6 nitrogen and oxygen atoms in total. The van der Waals surface area contributed by atoms with E-state index in [1.165, 1.54) is 37.6 Å². The van der Waals surface area contributed by atoms with Crippen LogP contribution in [0.5, 0.6) is 0 Å². The number of hydrogen-bond donors (Lipinski definition) is 1. The number of aromatic nitrogens is 2. The van der Waals surface area contributed by atoms with Gasteiger partial charge in [-0.05, 0) is 12.1 Å². The Morgan fingerprint density at radius 2 is 1.95 bits per heavy atom. The minimum absolute atomic E-state index is 0.0935. The number of alkyl halides is 2. The van der Waals surface area contributed by atoms with Crippen molar-refractivity contribution in [1.82, 2.24) is 9.97 Å². The van der Waals surface area contributed by atoms with Crippen LogP contribution in [0.1, 0.15) is 0 Å². The summed E-state index contributed by atoms with van der Waals surface area (Å²) in [6.07, 6.45) is 1.20. The molecule has 0 unspecified atom stereocenters. The van der Waals surface area contributed by atoms with Crippen LogP contribution in [0.2, 0.25) is 0 Å². The van der Waals surface area contributed by atoms with Crippen molar-refractivity contribution in [3.05, 3.63) is 40.7 Å². The predicted octanol–water partition coefficient (Wildman–Crippen LogP) is 3.41. The molecule has 0 saturated carbocycles. The maximum Gasteiger partial charge on any atom is 0.337 e. The zero-order chi connectivity index (χ0) is 15.4. The van der Waals surface area contributed by atoms with Crippen LogP contribution in [0.15, 0.2) is 35.5 Å². The van der Waals surface area contributed by atoms with E-state index in [0.29, 0.717) is 22.2 Å². The van der Waals surface area contributed by atoms with E-state index >= 15 is 0 Å². The van der Waals surface area contributed by atoms with E-state index < -0.39 is 10.7 Å². The monoisotopic (exact) mass is 312 g/mol. The summed E-state index contributed by atoms with van der Waals surface area (Å²) in [5.74, 6) is -2.42. The fraction of sp³-hybridized carbons (Fsp3) is 0.167. The lowest BCUT2D eigenvalue weighted by molar-refractivity contribution is -0.383. The highest BCUT2D eigenvalue weighted by Gasteiger charge is 2.23. The van der Waals surface area contributed by atoms with Crippen LogP contribution in [-0.2, 0) is 0 Å². The fourth-order valence-electron chi connectivity index (χ4n) is 1.74. The van der Waals surface area contributed by atoms with Crippen molar-refractivity contribution in [2.45, 2.75) is 10.7 Å².